The lowest BCUT2D eigenvalue weighted by Crippen LogP contribution is -2.18. The maximum absolute atomic E-state index is 13.4. The fraction of sp³-hybridized carbons (Fsp3) is 0.333. The minimum Gasteiger partial charge on any atom is -0.309 e. The lowest BCUT2D eigenvalue weighted by atomic mass is 9.86. The number of hydrogen-bond acceptors (Lipinski definition) is 1. The molecule has 2 heteroatoms. The van der Waals surface area contributed by atoms with Gasteiger partial charge < -0.3 is 5.32 Å². The van der Waals surface area contributed by atoms with Crippen LogP contribution < -0.4 is 5.32 Å². The van der Waals surface area contributed by atoms with Gasteiger partial charge in [-0.2, -0.15) is 0 Å². The zero-order valence-corrected chi connectivity index (χ0v) is 12.6. The van der Waals surface area contributed by atoms with Gasteiger partial charge in [-0.1, -0.05) is 57.2 Å². The van der Waals surface area contributed by atoms with Crippen molar-refractivity contribution in [3.8, 4) is 0 Å². The van der Waals surface area contributed by atoms with E-state index in [0.717, 1.165) is 11.1 Å². The Balaban J connectivity index is 2.33. The Morgan fingerprint density at radius 1 is 0.950 bits per heavy atom. The first-order valence-corrected chi connectivity index (χ1v) is 6.95. The van der Waals surface area contributed by atoms with E-state index < -0.39 is 0 Å². The van der Waals surface area contributed by atoms with Crippen molar-refractivity contribution < 1.29 is 4.39 Å². The molecule has 0 aliphatic carbocycles. The van der Waals surface area contributed by atoms with E-state index in [2.05, 4.69) is 50.4 Å². The average molecular weight is 271 g/mol. The molecule has 1 atom stereocenters. The summed E-state index contributed by atoms with van der Waals surface area (Å²) in [7, 11) is 1.90. The van der Waals surface area contributed by atoms with Crippen LogP contribution in [0.1, 0.15) is 43.5 Å². The molecule has 0 bridgehead atoms. The van der Waals surface area contributed by atoms with Gasteiger partial charge in [-0.15, -0.1) is 0 Å². The van der Waals surface area contributed by atoms with Crippen molar-refractivity contribution >= 4 is 0 Å². The zero-order chi connectivity index (χ0) is 14.8. The molecule has 1 unspecified atom stereocenters. The van der Waals surface area contributed by atoms with Gasteiger partial charge in [-0.3, -0.25) is 0 Å². The Morgan fingerprint density at radius 2 is 1.60 bits per heavy atom. The molecular weight excluding hydrogens is 249 g/mol. The first-order chi connectivity index (χ1) is 9.41. The summed E-state index contributed by atoms with van der Waals surface area (Å²) in [6.45, 7) is 6.60. The fourth-order valence-electron chi connectivity index (χ4n) is 2.39. The number of rotatable bonds is 3. The first-order valence-electron chi connectivity index (χ1n) is 6.95. The van der Waals surface area contributed by atoms with Gasteiger partial charge in [0.05, 0.1) is 6.04 Å². The number of halogens is 1. The highest BCUT2D eigenvalue weighted by atomic mass is 19.1. The van der Waals surface area contributed by atoms with Crippen molar-refractivity contribution in [3.05, 3.63) is 71.0 Å². The van der Waals surface area contributed by atoms with E-state index in [0.29, 0.717) is 0 Å². The molecule has 0 fully saturated rings. The van der Waals surface area contributed by atoms with Gasteiger partial charge in [0.15, 0.2) is 0 Å². The van der Waals surface area contributed by atoms with E-state index in [9.17, 15) is 4.39 Å². The second-order valence-corrected chi connectivity index (χ2v) is 6.15. The smallest absolute Gasteiger partial charge is 0.123 e. The van der Waals surface area contributed by atoms with Gasteiger partial charge in [0.25, 0.3) is 0 Å². The van der Waals surface area contributed by atoms with Crippen LogP contribution in [0.4, 0.5) is 4.39 Å². The topological polar surface area (TPSA) is 12.0 Å². The molecule has 20 heavy (non-hydrogen) atoms. The molecule has 0 saturated carbocycles. The van der Waals surface area contributed by atoms with Crippen molar-refractivity contribution in [1.82, 2.24) is 5.32 Å². The van der Waals surface area contributed by atoms with E-state index in [1.54, 1.807) is 12.1 Å². The number of hydrogen-bond donors (Lipinski definition) is 1. The van der Waals surface area contributed by atoms with E-state index in [1.807, 2.05) is 13.1 Å². The van der Waals surface area contributed by atoms with E-state index >= 15 is 0 Å². The summed E-state index contributed by atoms with van der Waals surface area (Å²) in [6.07, 6.45) is 0. The summed E-state index contributed by atoms with van der Waals surface area (Å²) >= 11 is 0. The Kier molecular flexibility index (Phi) is 4.24. The third kappa shape index (κ3) is 3.26. The second kappa shape index (κ2) is 5.76. The lowest BCUT2D eigenvalue weighted by Gasteiger charge is -2.22. The van der Waals surface area contributed by atoms with E-state index in [4.69, 9.17) is 0 Å². The van der Waals surface area contributed by atoms with Crippen molar-refractivity contribution in [2.45, 2.75) is 32.2 Å². The van der Waals surface area contributed by atoms with Crippen molar-refractivity contribution in [2.75, 3.05) is 7.05 Å². The molecule has 0 amide bonds. The minimum atomic E-state index is -0.200. The molecule has 2 aromatic carbocycles. The van der Waals surface area contributed by atoms with E-state index in [-0.39, 0.29) is 17.3 Å². The maximum Gasteiger partial charge on any atom is 0.123 e. The van der Waals surface area contributed by atoms with Gasteiger partial charge >= 0.3 is 0 Å². The predicted molar refractivity (Wildman–Crippen MR) is 82.4 cm³/mol. The fourth-order valence-corrected chi connectivity index (χ4v) is 2.39. The monoisotopic (exact) mass is 271 g/mol. The molecule has 1 nitrogen and oxygen atoms in total. The van der Waals surface area contributed by atoms with Gasteiger partial charge in [-0.25, -0.2) is 4.39 Å². The van der Waals surface area contributed by atoms with Gasteiger partial charge in [0, 0.05) is 0 Å². The Hall–Kier alpha value is -1.67. The summed E-state index contributed by atoms with van der Waals surface area (Å²) < 4.78 is 13.4. The molecule has 2 rings (SSSR count). The SMILES string of the molecule is CNC(c1ccc(C(C)(C)C)cc1)c1cccc(F)c1. The number of benzene rings is 2. The summed E-state index contributed by atoms with van der Waals surface area (Å²) in [6, 6.07) is 15.3. The van der Waals surface area contributed by atoms with Gasteiger partial charge in [0.2, 0.25) is 0 Å². The predicted octanol–water partition coefficient (Wildman–Crippen LogP) is 4.43. The molecule has 2 aromatic rings. The van der Waals surface area contributed by atoms with Crippen LogP contribution in [0.15, 0.2) is 48.5 Å². The molecule has 106 valence electrons. The molecule has 0 spiro atoms. The van der Waals surface area contributed by atoms with Crippen molar-refractivity contribution in [2.24, 2.45) is 0 Å². The van der Waals surface area contributed by atoms with Crippen LogP contribution in [0.3, 0.4) is 0 Å². The van der Waals surface area contributed by atoms with Crippen LogP contribution in [-0.2, 0) is 5.41 Å². The Bertz CT molecular complexity index is 567. The average Bonchev–Trinajstić information content (AvgIpc) is 2.39. The summed E-state index contributed by atoms with van der Waals surface area (Å²) in [5.74, 6) is -0.200. The van der Waals surface area contributed by atoms with E-state index in [1.165, 1.54) is 11.6 Å². The van der Waals surface area contributed by atoms with Crippen LogP contribution in [0.2, 0.25) is 0 Å². The lowest BCUT2D eigenvalue weighted by molar-refractivity contribution is 0.589. The van der Waals surface area contributed by atoms with Crippen LogP contribution >= 0.6 is 0 Å². The summed E-state index contributed by atoms with van der Waals surface area (Å²) in [5, 5.41) is 3.25. The van der Waals surface area contributed by atoms with Crippen LogP contribution in [-0.4, -0.2) is 7.05 Å². The third-order valence-electron chi connectivity index (χ3n) is 3.58. The largest absolute Gasteiger partial charge is 0.309 e. The highest BCUT2D eigenvalue weighted by Crippen LogP contribution is 2.26. The maximum atomic E-state index is 13.4. The zero-order valence-electron chi connectivity index (χ0n) is 12.6. The number of nitrogens with one attached hydrogen (secondary N) is 1. The summed E-state index contributed by atoms with van der Waals surface area (Å²) in [4.78, 5) is 0. The standard InChI is InChI=1S/C18H22FN/c1-18(2,3)15-10-8-13(9-11-15)17(20-4)14-6-5-7-16(19)12-14/h5-12,17,20H,1-4H3. The molecule has 0 aliphatic heterocycles. The van der Waals surface area contributed by atoms with Crippen LogP contribution in [0.5, 0.6) is 0 Å². The molecular formula is C18H22FN. The van der Waals surface area contributed by atoms with Crippen LogP contribution in [0, 0.1) is 5.82 Å². The molecule has 0 aromatic heterocycles. The van der Waals surface area contributed by atoms with Crippen molar-refractivity contribution in [3.63, 3.8) is 0 Å². The minimum absolute atomic E-state index is 0.0136. The molecule has 0 heterocycles. The highest BCUT2D eigenvalue weighted by Gasteiger charge is 2.16. The molecule has 1 N–H and O–H groups in total. The summed E-state index contributed by atoms with van der Waals surface area (Å²) in [5.41, 5.74) is 3.53. The van der Waals surface area contributed by atoms with Gasteiger partial charge in [-0.05, 0) is 41.3 Å². The normalized spacial score (nSPS) is 13.2. The van der Waals surface area contributed by atoms with Crippen LogP contribution in [0.25, 0.3) is 0 Å². The van der Waals surface area contributed by atoms with Gasteiger partial charge in [0.1, 0.15) is 5.82 Å². The molecule has 0 radical (unpaired) electrons. The Morgan fingerprint density at radius 3 is 2.10 bits per heavy atom. The molecule has 0 saturated heterocycles. The first kappa shape index (κ1) is 14.7. The Labute approximate surface area is 120 Å². The van der Waals surface area contributed by atoms with Crippen molar-refractivity contribution in [1.29, 1.82) is 0 Å². The third-order valence-corrected chi connectivity index (χ3v) is 3.58. The quantitative estimate of drug-likeness (QED) is 0.870. The highest BCUT2D eigenvalue weighted by molar-refractivity contribution is 5.35. The second-order valence-electron chi connectivity index (χ2n) is 6.15. The molecule has 0 aliphatic rings.